The molecule has 0 radical (unpaired) electrons. The summed E-state index contributed by atoms with van der Waals surface area (Å²) in [5.74, 6) is 2.18. The Morgan fingerprint density at radius 2 is 1.36 bits per heavy atom. The number of benzene rings is 2. The maximum absolute atomic E-state index is 12.8. The van der Waals surface area contributed by atoms with Crippen molar-refractivity contribution in [1.29, 1.82) is 0 Å². The average Bonchev–Trinajstić information content (AvgIpc) is 3.13. The van der Waals surface area contributed by atoms with Crippen LogP contribution in [0.1, 0.15) is 173 Å². The molecule has 0 amide bonds. The van der Waals surface area contributed by atoms with Crippen LogP contribution in [0.2, 0.25) is 0 Å². The van der Waals surface area contributed by atoms with Gasteiger partial charge in [0.2, 0.25) is 0 Å². The Bertz CT molecular complexity index is 1400. The fourth-order valence-electron chi connectivity index (χ4n) is 7.19. The molecule has 0 aromatic heterocycles. The van der Waals surface area contributed by atoms with E-state index in [4.69, 9.17) is 18.9 Å². The molecule has 1 fully saturated rings. The molecule has 0 N–H and O–H groups in total. The minimum Gasteiger partial charge on any atom is -0.494 e. The number of hydrogen-bond donors (Lipinski definition) is 0. The number of rotatable bonds is 25. The van der Waals surface area contributed by atoms with Crippen molar-refractivity contribution < 1.29 is 33.3 Å². The van der Waals surface area contributed by atoms with E-state index in [9.17, 15) is 14.4 Å². The number of Topliss-reactive ketones (excluding diaryl/α,β-unsaturated/α-hetero) is 1. The molecule has 2 aromatic rings. The zero-order valence-electron chi connectivity index (χ0n) is 33.8. The summed E-state index contributed by atoms with van der Waals surface area (Å²) in [5.41, 5.74) is 0.972. The molecule has 1 aliphatic carbocycles. The van der Waals surface area contributed by atoms with Crippen molar-refractivity contribution in [3.05, 3.63) is 71.8 Å². The Kier molecular flexibility index (Phi) is 18.8. The van der Waals surface area contributed by atoms with Crippen molar-refractivity contribution >= 4 is 17.7 Å². The van der Waals surface area contributed by atoms with E-state index in [0.29, 0.717) is 42.4 Å². The van der Waals surface area contributed by atoms with Gasteiger partial charge in [-0.25, -0.2) is 4.79 Å². The molecule has 0 aliphatic heterocycles. The second-order valence-electron chi connectivity index (χ2n) is 16.2. The van der Waals surface area contributed by atoms with Crippen molar-refractivity contribution in [2.24, 2.45) is 5.92 Å². The predicted molar refractivity (Wildman–Crippen MR) is 214 cm³/mol. The quantitative estimate of drug-likeness (QED) is 0.0434. The minimum atomic E-state index is -0.868. The maximum Gasteiger partial charge on any atom is 0.343 e. The third kappa shape index (κ3) is 16.6. The minimum absolute atomic E-state index is 0.0871. The lowest BCUT2D eigenvalue weighted by Gasteiger charge is -2.29. The van der Waals surface area contributed by atoms with Crippen LogP contribution in [0.4, 0.5) is 0 Å². The van der Waals surface area contributed by atoms with Gasteiger partial charge in [0.05, 0.1) is 12.2 Å². The first-order chi connectivity index (χ1) is 25.3. The topological polar surface area (TPSA) is 88.1 Å². The average molecular weight is 733 g/mol. The molecule has 1 aliphatic rings. The Hall–Kier alpha value is -3.45. The molecule has 0 spiro atoms. The maximum atomic E-state index is 12.8. The van der Waals surface area contributed by atoms with E-state index < -0.39 is 11.2 Å². The molecule has 0 atom stereocenters. The van der Waals surface area contributed by atoms with Gasteiger partial charge in [0.15, 0.2) is 5.78 Å². The molecule has 7 nitrogen and oxygen atoms in total. The van der Waals surface area contributed by atoms with Gasteiger partial charge in [-0.3, -0.25) is 9.59 Å². The Morgan fingerprint density at radius 1 is 0.736 bits per heavy atom. The number of ketones is 1. The SMILES string of the molecule is C=C(C)C(=O)C(C)(C)OCCCCCC(=O)OC(C)(C)CCCCCCOc1ccc(C(=O)Oc2ccc(C3CCC(CCCCC)CC3)cc2)cc1. The van der Waals surface area contributed by atoms with Crippen LogP contribution in [-0.2, 0) is 19.1 Å². The van der Waals surface area contributed by atoms with Crippen LogP contribution in [0.3, 0.4) is 0 Å². The number of unbranched alkanes of at least 4 members (excludes halogenated alkanes) is 7. The van der Waals surface area contributed by atoms with E-state index in [0.717, 1.165) is 63.0 Å². The van der Waals surface area contributed by atoms with Gasteiger partial charge in [0.25, 0.3) is 0 Å². The van der Waals surface area contributed by atoms with Crippen molar-refractivity contribution in [2.75, 3.05) is 13.2 Å². The largest absolute Gasteiger partial charge is 0.494 e. The summed E-state index contributed by atoms with van der Waals surface area (Å²) in [6, 6.07) is 15.2. The molecular formula is C46H68O7. The molecule has 7 heteroatoms. The summed E-state index contributed by atoms with van der Waals surface area (Å²) < 4.78 is 23.1. The fraction of sp³-hybridized carbons (Fsp3) is 0.630. The van der Waals surface area contributed by atoms with Gasteiger partial charge >= 0.3 is 11.9 Å². The number of carbonyl (C=O) groups is 3. The molecule has 0 heterocycles. The van der Waals surface area contributed by atoms with E-state index in [1.54, 1.807) is 32.9 Å². The van der Waals surface area contributed by atoms with Crippen molar-refractivity contribution in [2.45, 2.75) is 168 Å². The van der Waals surface area contributed by atoms with Gasteiger partial charge in [-0.15, -0.1) is 0 Å². The molecule has 294 valence electrons. The Morgan fingerprint density at radius 3 is 2.02 bits per heavy atom. The summed E-state index contributed by atoms with van der Waals surface area (Å²) in [6.45, 7) is 16.2. The number of esters is 2. The summed E-state index contributed by atoms with van der Waals surface area (Å²) in [7, 11) is 0. The second-order valence-corrected chi connectivity index (χ2v) is 16.2. The van der Waals surface area contributed by atoms with Crippen molar-refractivity contribution in [3.8, 4) is 11.5 Å². The zero-order chi connectivity index (χ0) is 38.7. The molecule has 53 heavy (non-hydrogen) atoms. The highest BCUT2D eigenvalue weighted by Crippen LogP contribution is 2.38. The van der Waals surface area contributed by atoms with E-state index in [-0.39, 0.29) is 17.7 Å². The van der Waals surface area contributed by atoms with E-state index in [2.05, 4.69) is 25.6 Å². The monoisotopic (exact) mass is 732 g/mol. The molecule has 2 aromatic carbocycles. The van der Waals surface area contributed by atoms with Gasteiger partial charge in [0.1, 0.15) is 22.7 Å². The number of hydrogen-bond acceptors (Lipinski definition) is 7. The summed E-state index contributed by atoms with van der Waals surface area (Å²) in [6.07, 6.45) is 18.0. The lowest BCUT2D eigenvalue weighted by atomic mass is 9.77. The molecular weight excluding hydrogens is 664 g/mol. The van der Waals surface area contributed by atoms with Gasteiger partial charge in [-0.1, -0.05) is 70.6 Å². The first-order valence-electron chi connectivity index (χ1n) is 20.4. The summed E-state index contributed by atoms with van der Waals surface area (Å²) in [4.78, 5) is 37.3. The van der Waals surface area contributed by atoms with Gasteiger partial charge in [-0.05, 0) is 152 Å². The van der Waals surface area contributed by atoms with Crippen LogP contribution in [0.5, 0.6) is 11.5 Å². The predicted octanol–water partition coefficient (Wildman–Crippen LogP) is 11.9. The molecule has 3 rings (SSSR count). The number of carbonyl (C=O) groups excluding carboxylic acids is 3. The van der Waals surface area contributed by atoms with E-state index in [1.807, 2.05) is 38.1 Å². The van der Waals surface area contributed by atoms with Gasteiger partial charge in [-0.2, -0.15) is 0 Å². The number of ether oxygens (including phenoxy) is 4. The van der Waals surface area contributed by atoms with Crippen LogP contribution >= 0.6 is 0 Å². The summed E-state index contributed by atoms with van der Waals surface area (Å²) in [5, 5.41) is 0. The highest BCUT2D eigenvalue weighted by Gasteiger charge is 2.28. The van der Waals surface area contributed by atoms with Crippen LogP contribution in [0.15, 0.2) is 60.7 Å². The third-order valence-electron chi connectivity index (χ3n) is 10.5. The van der Waals surface area contributed by atoms with Crippen LogP contribution < -0.4 is 9.47 Å². The highest BCUT2D eigenvalue weighted by molar-refractivity contribution is 6.00. The first kappa shape index (κ1) is 44.0. The Balaban J connectivity index is 1.23. The molecule has 0 unspecified atom stereocenters. The van der Waals surface area contributed by atoms with Crippen molar-refractivity contribution in [3.63, 3.8) is 0 Å². The molecule has 1 saturated carbocycles. The van der Waals surface area contributed by atoms with Gasteiger partial charge in [0, 0.05) is 13.0 Å². The smallest absolute Gasteiger partial charge is 0.343 e. The second kappa shape index (κ2) is 22.7. The van der Waals surface area contributed by atoms with Gasteiger partial charge < -0.3 is 18.9 Å². The lowest BCUT2D eigenvalue weighted by molar-refractivity contribution is -0.157. The van der Waals surface area contributed by atoms with E-state index >= 15 is 0 Å². The Labute approximate surface area is 320 Å². The first-order valence-corrected chi connectivity index (χ1v) is 20.4. The summed E-state index contributed by atoms with van der Waals surface area (Å²) >= 11 is 0. The normalized spacial score (nSPS) is 16.2. The standard InChI is InChI=1S/C46H68O7/c1-8-9-13-18-36-20-22-37(23-21-36)38-24-30-41(31-25-38)52-44(49)39-26-28-40(29-27-39)50-33-16-11-10-15-32-45(4,5)53-42(47)19-14-12-17-34-51-46(6,7)43(48)35(2)3/h24-31,36-37H,2,8-23,32-34H2,1,3-7H3. The molecule has 0 saturated heterocycles. The van der Waals surface area contributed by atoms with Crippen LogP contribution in [0, 0.1) is 5.92 Å². The van der Waals surface area contributed by atoms with Crippen LogP contribution in [0.25, 0.3) is 0 Å². The zero-order valence-corrected chi connectivity index (χ0v) is 33.8. The molecule has 0 bridgehead atoms. The van der Waals surface area contributed by atoms with E-state index in [1.165, 1.54) is 56.9 Å². The van der Waals surface area contributed by atoms with Crippen LogP contribution in [-0.4, -0.2) is 42.1 Å². The third-order valence-corrected chi connectivity index (χ3v) is 10.5. The lowest BCUT2D eigenvalue weighted by Crippen LogP contribution is -2.35. The highest BCUT2D eigenvalue weighted by atomic mass is 16.6. The fourth-order valence-corrected chi connectivity index (χ4v) is 7.19. The van der Waals surface area contributed by atoms with Crippen molar-refractivity contribution in [1.82, 2.24) is 0 Å².